The number of nitrogens with two attached hydrogens (primary N) is 1. The molecule has 0 bridgehead atoms. The molecule has 3 N–H and O–H groups in total. The monoisotopic (exact) mass is 270 g/mol. The molecule has 5 nitrogen and oxygen atoms in total. The van der Waals surface area contributed by atoms with E-state index in [2.05, 4.69) is 15.0 Å². The van der Waals surface area contributed by atoms with Crippen LogP contribution < -0.4 is 11.4 Å². The van der Waals surface area contributed by atoms with Gasteiger partial charge in [0, 0.05) is 6.42 Å². The smallest absolute Gasteiger partial charge is 0.349 e. The molecule has 17 heavy (non-hydrogen) atoms. The lowest BCUT2D eigenvalue weighted by Gasteiger charge is -2.03. The van der Waals surface area contributed by atoms with Gasteiger partial charge in [-0.2, -0.15) is 9.97 Å². The normalized spacial score (nSPS) is 10.5. The fourth-order valence-electron chi connectivity index (χ4n) is 1.37. The quantitative estimate of drug-likeness (QED) is 0.869. The summed E-state index contributed by atoms with van der Waals surface area (Å²) in [7, 11) is 0. The molecule has 1 aromatic heterocycles. The van der Waals surface area contributed by atoms with E-state index < -0.39 is 5.69 Å². The van der Waals surface area contributed by atoms with Crippen molar-refractivity contribution in [1.82, 2.24) is 15.0 Å². The Labute approximate surface area is 107 Å². The van der Waals surface area contributed by atoms with Crippen LogP contribution in [0.3, 0.4) is 0 Å². The molecule has 0 atom stereocenters. The average molecular weight is 271 g/mol. The summed E-state index contributed by atoms with van der Waals surface area (Å²) >= 11 is 11.7. The fourth-order valence-corrected chi connectivity index (χ4v) is 1.69. The Kier molecular flexibility index (Phi) is 3.31. The molecule has 1 aromatic carbocycles. The van der Waals surface area contributed by atoms with E-state index in [1.165, 1.54) is 0 Å². The predicted molar refractivity (Wildman–Crippen MR) is 66.3 cm³/mol. The molecule has 0 radical (unpaired) electrons. The summed E-state index contributed by atoms with van der Waals surface area (Å²) in [6.07, 6.45) is 0.402. The zero-order valence-electron chi connectivity index (χ0n) is 8.58. The lowest BCUT2D eigenvalue weighted by molar-refractivity contribution is 0.894. The molecule has 1 heterocycles. The second-order valence-electron chi connectivity index (χ2n) is 3.38. The lowest BCUT2D eigenvalue weighted by atomic mass is 10.1. The molecule has 0 aliphatic heterocycles. The minimum atomic E-state index is -0.521. The number of hydrogen-bond donors (Lipinski definition) is 2. The molecular formula is C10H8Cl2N4O. The Balaban J connectivity index is 2.31. The third-order valence-corrected chi connectivity index (χ3v) is 2.81. The van der Waals surface area contributed by atoms with Gasteiger partial charge < -0.3 is 5.73 Å². The summed E-state index contributed by atoms with van der Waals surface area (Å²) in [6.45, 7) is 0. The largest absolute Gasteiger partial charge is 0.368 e. The standard InChI is InChI=1S/C10H8Cl2N4O/c11-6-2-1-5(3-7(6)12)4-8-14-9(13)16-10(17)15-8/h1-3H,4H2,(H3,13,14,15,16,17). The van der Waals surface area contributed by atoms with Gasteiger partial charge in [-0.05, 0) is 17.7 Å². The zero-order valence-corrected chi connectivity index (χ0v) is 10.1. The predicted octanol–water partition coefficient (Wildman–Crippen LogP) is 1.64. The van der Waals surface area contributed by atoms with E-state index in [0.29, 0.717) is 22.3 Å². The molecule has 0 spiro atoms. The molecule has 0 amide bonds. The van der Waals surface area contributed by atoms with Crippen molar-refractivity contribution in [2.24, 2.45) is 0 Å². The topological polar surface area (TPSA) is 84.7 Å². The minimum Gasteiger partial charge on any atom is -0.368 e. The number of nitrogens with zero attached hydrogens (tertiary/aromatic N) is 2. The highest BCUT2D eigenvalue weighted by molar-refractivity contribution is 6.42. The van der Waals surface area contributed by atoms with Crippen LogP contribution in [-0.4, -0.2) is 15.0 Å². The van der Waals surface area contributed by atoms with Gasteiger partial charge in [-0.15, -0.1) is 0 Å². The Hall–Kier alpha value is -1.59. The van der Waals surface area contributed by atoms with Crippen LogP contribution in [0.2, 0.25) is 10.0 Å². The van der Waals surface area contributed by atoms with E-state index in [4.69, 9.17) is 28.9 Å². The molecule has 0 unspecified atom stereocenters. The van der Waals surface area contributed by atoms with E-state index in [0.717, 1.165) is 5.56 Å². The number of nitrogen functional groups attached to an aromatic ring is 1. The number of rotatable bonds is 2. The van der Waals surface area contributed by atoms with Gasteiger partial charge in [0.2, 0.25) is 5.95 Å². The first-order chi connectivity index (χ1) is 8.04. The molecule has 2 aromatic rings. The number of anilines is 1. The maximum absolute atomic E-state index is 11.1. The van der Waals surface area contributed by atoms with Crippen LogP contribution in [0.1, 0.15) is 11.4 Å². The summed E-state index contributed by atoms with van der Waals surface area (Å²) in [5.41, 5.74) is 5.73. The van der Waals surface area contributed by atoms with Crippen molar-refractivity contribution in [3.8, 4) is 0 Å². The number of aromatic amines is 1. The van der Waals surface area contributed by atoms with Crippen LogP contribution in [0, 0.1) is 0 Å². The molecule has 7 heteroatoms. The third kappa shape index (κ3) is 2.95. The van der Waals surface area contributed by atoms with Crippen LogP contribution >= 0.6 is 23.2 Å². The average Bonchev–Trinajstić information content (AvgIpc) is 2.22. The van der Waals surface area contributed by atoms with Crippen LogP contribution in [-0.2, 0) is 6.42 Å². The van der Waals surface area contributed by atoms with Gasteiger partial charge >= 0.3 is 5.69 Å². The lowest BCUT2D eigenvalue weighted by Crippen LogP contribution is -2.17. The fraction of sp³-hybridized carbons (Fsp3) is 0.100. The van der Waals surface area contributed by atoms with Crippen molar-refractivity contribution in [3.63, 3.8) is 0 Å². The number of halogens is 2. The maximum Gasteiger partial charge on any atom is 0.349 e. The summed E-state index contributed by atoms with van der Waals surface area (Å²) in [5, 5.41) is 0.930. The number of H-pyrrole nitrogens is 1. The highest BCUT2D eigenvalue weighted by Gasteiger charge is 2.04. The van der Waals surface area contributed by atoms with Crippen LogP contribution in [0.4, 0.5) is 5.95 Å². The molecule has 88 valence electrons. The zero-order chi connectivity index (χ0) is 12.4. The first-order valence-electron chi connectivity index (χ1n) is 4.71. The third-order valence-electron chi connectivity index (χ3n) is 2.07. The van der Waals surface area contributed by atoms with Crippen molar-refractivity contribution in [2.75, 3.05) is 5.73 Å². The van der Waals surface area contributed by atoms with E-state index in [-0.39, 0.29) is 5.95 Å². The van der Waals surface area contributed by atoms with E-state index in [9.17, 15) is 4.79 Å². The van der Waals surface area contributed by atoms with Gasteiger partial charge in [-0.1, -0.05) is 29.3 Å². The van der Waals surface area contributed by atoms with E-state index >= 15 is 0 Å². The van der Waals surface area contributed by atoms with Crippen molar-refractivity contribution in [3.05, 3.63) is 50.1 Å². The van der Waals surface area contributed by atoms with Gasteiger partial charge in [0.25, 0.3) is 0 Å². The van der Waals surface area contributed by atoms with Crippen molar-refractivity contribution < 1.29 is 0 Å². The van der Waals surface area contributed by atoms with Crippen LogP contribution in [0.5, 0.6) is 0 Å². The Morgan fingerprint density at radius 1 is 1.24 bits per heavy atom. The van der Waals surface area contributed by atoms with Gasteiger partial charge in [0.15, 0.2) is 0 Å². The van der Waals surface area contributed by atoms with E-state index in [1.807, 2.05) is 0 Å². The Morgan fingerprint density at radius 2 is 2.00 bits per heavy atom. The number of benzene rings is 1. The Bertz CT molecular complexity index is 611. The van der Waals surface area contributed by atoms with Crippen molar-refractivity contribution in [2.45, 2.75) is 6.42 Å². The molecule has 0 fully saturated rings. The molecule has 0 aliphatic rings. The highest BCUT2D eigenvalue weighted by atomic mass is 35.5. The molecule has 2 rings (SSSR count). The van der Waals surface area contributed by atoms with Crippen molar-refractivity contribution in [1.29, 1.82) is 0 Å². The molecular weight excluding hydrogens is 263 g/mol. The Morgan fingerprint density at radius 3 is 2.65 bits per heavy atom. The van der Waals surface area contributed by atoms with Crippen molar-refractivity contribution >= 4 is 29.2 Å². The number of nitrogens with one attached hydrogen (secondary N) is 1. The summed E-state index contributed by atoms with van der Waals surface area (Å²) < 4.78 is 0. The maximum atomic E-state index is 11.1. The van der Waals surface area contributed by atoms with Crippen LogP contribution in [0.25, 0.3) is 0 Å². The van der Waals surface area contributed by atoms with Crippen LogP contribution in [0.15, 0.2) is 23.0 Å². The van der Waals surface area contributed by atoms with E-state index in [1.54, 1.807) is 18.2 Å². The number of aromatic nitrogens is 3. The number of hydrogen-bond acceptors (Lipinski definition) is 4. The van der Waals surface area contributed by atoms with Gasteiger partial charge in [0.1, 0.15) is 5.82 Å². The first-order valence-corrected chi connectivity index (χ1v) is 5.47. The molecule has 0 aliphatic carbocycles. The summed E-state index contributed by atoms with van der Waals surface area (Å²) in [5.74, 6) is 0.379. The molecule has 0 saturated carbocycles. The molecule has 0 saturated heterocycles. The second-order valence-corrected chi connectivity index (χ2v) is 4.20. The minimum absolute atomic E-state index is 0.0520. The van der Waals surface area contributed by atoms with Gasteiger partial charge in [-0.25, -0.2) is 4.79 Å². The summed E-state index contributed by atoms with van der Waals surface area (Å²) in [4.78, 5) is 20.9. The van der Waals surface area contributed by atoms with Gasteiger partial charge in [0.05, 0.1) is 10.0 Å². The summed E-state index contributed by atoms with van der Waals surface area (Å²) in [6, 6.07) is 5.19. The highest BCUT2D eigenvalue weighted by Crippen LogP contribution is 2.23. The first kappa shape index (κ1) is 11.9. The second kappa shape index (κ2) is 4.73. The van der Waals surface area contributed by atoms with Gasteiger partial charge in [-0.3, -0.25) is 4.98 Å². The SMILES string of the molecule is Nc1nc(Cc2ccc(Cl)c(Cl)c2)[nH]c(=O)n1.